The van der Waals surface area contributed by atoms with Crippen LogP contribution in [0.15, 0.2) is 36.0 Å². The normalized spacial score (nSPS) is 25.4. The first-order chi connectivity index (χ1) is 15.1. The molecule has 0 radical (unpaired) electrons. The van der Waals surface area contributed by atoms with Gasteiger partial charge in [-0.2, -0.15) is 0 Å². The van der Waals surface area contributed by atoms with Crippen molar-refractivity contribution < 1.29 is 37.8 Å². The highest BCUT2D eigenvalue weighted by Crippen LogP contribution is 2.29. The van der Waals surface area contributed by atoms with Crippen molar-refractivity contribution in [3.05, 3.63) is 48.1 Å². The molecule has 0 aromatic heterocycles. The van der Waals surface area contributed by atoms with Gasteiger partial charge in [0.15, 0.2) is 0 Å². The second kappa shape index (κ2) is 9.43. The number of oxime groups is 1. The largest absolute Gasteiger partial charge is 0.481 e. The number of carboxylic acids is 1. The highest BCUT2D eigenvalue weighted by atomic mass is 19.1. The molecular weight excluding hydrogens is 428 g/mol. The molecule has 2 amide bonds. The fraction of sp³-hybridized carbons (Fsp3) is 0.429. The summed E-state index contributed by atoms with van der Waals surface area (Å²) in [5.74, 6) is -3.66. The standard InChI is InChI=1S/C21H23F2N3O6/c1-3-21(9-16(26-32-21)12-5-13(22)7-14(23)6-12)20(30)25-15-8-17(31-10-15)19(29)24-11(2)4-18(27)28/h3,5-7,11,15,17H,1,4,8-10H2,2H3,(H,24,29)(H,25,30)(H,27,28)/t11-,15?,17?,21+/m0/s1. The zero-order valence-electron chi connectivity index (χ0n) is 17.3. The van der Waals surface area contributed by atoms with Gasteiger partial charge in [-0.15, -0.1) is 0 Å². The van der Waals surface area contributed by atoms with Gasteiger partial charge in [0.25, 0.3) is 5.91 Å². The summed E-state index contributed by atoms with van der Waals surface area (Å²) in [7, 11) is 0. The van der Waals surface area contributed by atoms with Crippen LogP contribution in [0, 0.1) is 11.6 Å². The molecule has 0 spiro atoms. The lowest BCUT2D eigenvalue weighted by molar-refractivity contribution is -0.139. The third-order valence-electron chi connectivity index (χ3n) is 5.15. The number of amides is 2. The maximum absolute atomic E-state index is 13.5. The Morgan fingerprint density at radius 3 is 2.66 bits per heavy atom. The van der Waals surface area contributed by atoms with Gasteiger partial charge < -0.3 is 25.3 Å². The summed E-state index contributed by atoms with van der Waals surface area (Å²) in [5.41, 5.74) is -1.24. The lowest BCUT2D eigenvalue weighted by Gasteiger charge is -2.23. The number of carbonyl (C=O) groups is 3. The SMILES string of the molecule is C=C[C@]1(C(=O)NC2COC(C(=O)N[C@@H](C)CC(=O)O)C2)CC(c2cc(F)cc(F)c2)=NO1. The Morgan fingerprint density at radius 2 is 2.03 bits per heavy atom. The van der Waals surface area contributed by atoms with Crippen LogP contribution in [-0.2, 0) is 24.0 Å². The Kier molecular flexibility index (Phi) is 6.87. The molecule has 0 bridgehead atoms. The third kappa shape index (κ3) is 5.28. The van der Waals surface area contributed by atoms with Crippen LogP contribution < -0.4 is 10.6 Å². The van der Waals surface area contributed by atoms with Gasteiger partial charge in [0.2, 0.25) is 11.5 Å². The molecule has 1 aromatic carbocycles. The van der Waals surface area contributed by atoms with E-state index in [-0.39, 0.29) is 37.1 Å². The number of aliphatic carboxylic acids is 1. The number of benzene rings is 1. The Balaban J connectivity index is 1.58. The molecule has 1 aromatic rings. The topological polar surface area (TPSA) is 126 Å². The lowest BCUT2D eigenvalue weighted by atomic mass is 9.92. The van der Waals surface area contributed by atoms with E-state index in [0.29, 0.717) is 0 Å². The molecule has 32 heavy (non-hydrogen) atoms. The van der Waals surface area contributed by atoms with E-state index in [1.54, 1.807) is 6.92 Å². The van der Waals surface area contributed by atoms with Crippen LogP contribution >= 0.6 is 0 Å². The minimum atomic E-state index is -1.57. The summed E-state index contributed by atoms with van der Waals surface area (Å²) < 4.78 is 32.5. The van der Waals surface area contributed by atoms with Crippen molar-refractivity contribution in [2.75, 3.05) is 6.61 Å². The summed E-state index contributed by atoms with van der Waals surface area (Å²) in [6.07, 6.45) is 0.267. The fourth-order valence-corrected chi connectivity index (χ4v) is 3.52. The second-order valence-corrected chi connectivity index (χ2v) is 7.79. The number of hydrogen-bond acceptors (Lipinski definition) is 6. The zero-order valence-corrected chi connectivity index (χ0v) is 17.3. The van der Waals surface area contributed by atoms with Gasteiger partial charge in [-0.05, 0) is 25.1 Å². The van der Waals surface area contributed by atoms with Crippen molar-refractivity contribution in [1.29, 1.82) is 0 Å². The molecule has 3 N–H and O–H groups in total. The minimum absolute atomic E-state index is 0.0627. The molecule has 0 saturated carbocycles. The molecule has 172 valence electrons. The summed E-state index contributed by atoms with van der Waals surface area (Å²) in [5, 5.41) is 17.9. The van der Waals surface area contributed by atoms with E-state index in [1.165, 1.54) is 6.08 Å². The number of halogens is 2. The molecule has 0 aliphatic carbocycles. The molecule has 2 aliphatic rings. The van der Waals surface area contributed by atoms with E-state index in [4.69, 9.17) is 14.7 Å². The lowest BCUT2D eigenvalue weighted by Crippen LogP contribution is -2.50. The first-order valence-electron chi connectivity index (χ1n) is 9.91. The number of nitrogens with one attached hydrogen (secondary N) is 2. The van der Waals surface area contributed by atoms with Gasteiger partial charge in [0.05, 0.1) is 24.8 Å². The number of carbonyl (C=O) groups excluding carboxylic acids is 2. The van der Waals surface area contributed by atoms with Crippen LogP contribution in [0.5, 0.6) is 0 Å². The van der Waals surface area contributed by atoms with E-state index >= 15 is 0 Å². The molecule has 2 unspecified atom stereocenters. The number of carboxylic acid groups (broad SMARTS) is 1. The number of hydrogen-bond donors (Lipinski definition) is 3. The van der Waals surface area contributed by atoms with E-state index in [2.05, 4.69) is 22.4 Å². The summed E-state index contributed by atoms with van der Waals surface area (Å²) in [6, 6.07) is 1.81. The van der Waals surface area contributed by atoms with Gasteiger partial charge in [-0.1, -0.05) is 11.7 Å². The van der Waals surface area contributed by atoms with E-state index < -0.39 is 53.2 Å². The molecule has 2 heterocycles. The average molecular weight is 451 g/mol. The quantitative estimate of drug-likeness (QED) is 0.511. The number of ether oxygens (including phenoxy) is 1. The van der Waals surface area contributed by atoms with Crippen LogP contribution in [0.3, 0.4) is 0 Å². The van der Waals surface area contributed by atoms with Gasteiger partial charge in [0.1, 0.15) is 17.7 Å². The van der Waals surface area contributed by atoms with Crippen molar-refractivity contribution >= 4 is 23.5 Å². The van der Waals surface area contributed by atoms with Crippen molar-refractivity contribution in [2.24, 2.45) is 5.16 Å². The van der Waals surface area contributed by atoms with Crippen LogP contribution in [0.25, 0.3) is 0 Å². The Bertz CT molecular complexity index is 949. The Hall–Kier alpha value is -3.34. The molecule has 1 fully saturated rings. The zero-order chi connectivity index (χ0) is 23.5. The molecule has 3 rings (SSSR count). The Morgan fingerprint density at radius 1 is 1.34 bits per heavy atom. The van der Waals surface area contributed by atoms with Crippen molar-refractivity contribution in [2.45, 2.75) is 50.0 Å². The monoisotopic (exact) mass is 451 g/mol. The summed E-state index contributed by atoms with van der Waals surface area (Å²) in [4.78, 5) is 41.2. The third-order valence-corrected chi connectivity index (χ3v) is 5.15. The van der Waals surface area contributed by atoms with Crippen molar-refractivity contribution in [3.63, 3.8) is 0 Å². The summed E-state index contributed by atoms with van der Waals surface area (Å²) in [6.45, 7) is 5.25. The second-order valence-electron chi connectivity index (χ2n) is 7.79. The first-order valence-corrected chi connectivity index (χ1v) is 9.91. The predicted molar refractivity (Wildman–Crippen MR) is 108 cm³/mol. The molecular formula is C21H23F2N3O6. The van der Waals surface area contributed by atoms with Gasteiger partial charge >= 0.3 is 5.97 Å². The molecule has 4 atom stereocenters. The van der Waals surface area contributed by atoms with Gasteiger partial charge in [0, 0.05) is 30.5 Å². The molecule has 11 heteroatoms. The van der Waals surface area contributed by atoms with Gasteiger partial charge in [-0.3, -0.25) is 14.4 Å². The predicted octanol–water partition coefficient (Wildman–Crippen LogP) is 1.27. The molecule has 1 saturated heterocycles. The van der Waals surface area contributed by atoms with Gasteiger partial charge in [-0.25, -0.2) is 8.78 Å². The van der Waals surface area contributed by atoms with Crippen LogP contribution in [-0.4, -0.2) is 59.0 Å². The van der Waals surface area contributed by atoms with E-state index in [9.17, 15) is 23.2 Å². The first kappa shape index (κ1) is 23.3. The fourth-order valence-electron chi connectivity index (χ4n) is 3.52. The maximum atomic E-state index is 13.5. The number of rotatable bonds is 8. The minimum Gasteiger partial charge on any atom is -0.481 e. The molecule has 2 aliphatic heterocycles. The van der Waals surface area contributed by atoms with Crippen LogP contribution in [0.4, 0.5) is 8.78 Å². The highest BCUT2D eigenvalue weighted by Gasteiger charge is 2.46. The highest BCUT2D eigenvalue weighted by molar-refractivity contribution is 6.06. The molecule has 9 nitrogen and oxygen atoms in total. The van der Waals surface area contributed by atoms with Crippen LogP contribution in [0.1, 0.15) is 31.7 Å². The maximum Gasteiger partial charge on any atom is 0.305 e. The van der Waals surface area contributed by atoms with E-state index in [1.807, 2.05) is 0 Å². The number of nitrogens with zero attached hydrogens (tertiary/aromatic N) is 1. The van der Waals surface area contributed by atoms with Crippen LogP contribution in [0.2, 0.25) is 0 Å². The average Bonchev–Trinajstić information content (AvgIpc) is 3.34. The summed E-state index contributed by atoms with van der Waals surface area (Å²) >= 11 is 0. The Labute approximate surface area is 182 Å². The van der Waals surface area contributed by atoms with Crippen molar-refractivity contribution in [1.82, 2.24) is 10.6 Å². The van der Waals surface area contributed by atoms with Crippen molar-refractivity contribution in [3.8, 4) is 0 Å². The smallest absolute Gasteiger partial charge is 0.305 e. The van der Waals surface area contributed by atoms with E-state index in [0.717, 1.165) is 18.2 Å².